The highest BCUT2D eigenvalue weighted by Gasteiger charge is 2.54. The zero-order valence-electron chi connectivity index (χ0n) is 11.1. The molecule has 1 fully saturated rings. The minimum atomic E-state index is -1.09. The highest BCUT2D eigenvalue weighted by atomic mass is 16.5. The molecule has 3 nitrogen and oxygen atoms in total. The summed E-state index contributed by atoms with van der Waals surface area (Å²) in [5, 5.41) is 0. The predicted molar refractivity (Wildman–Crippen MR) is 72.7 cm³/mol. The Hall–Kier alpha value is -1.90. The molecule has 0 amide bonds. The zero-order valence-corrected chi connectivity index (χ0v) is 11.1. The highest BCUT2D eigenvalue weighted by Crippen LogP contribution is 2.48. The molecule has 0 unspecified atom stereocenters. The number of methoxy groups -OCH3 is 1. The molecule has 1 aliphatic rings. The van der Waals surface area contributed by atoms with Crippen LogP contribution in [-0.4, -0.2) is 18.9 Å². The second-order valence-corrected chi connectivity index (χ2v) is 4.86. The summed E-state index contributed by atoms with van der Waals surface area (Å²) in [5.74, 6) is -0.798. The van der Waals surface area contributed by atoms with Crippen LogP contribution in [0.1, 0.15) is 30.7 Å². The smallest absolute Gasteiger partial charge is 0.320 e. The van der Waals surface area contributed by atoms with E-state index in [0.29, 0.717) is 12.8 Å². The standard InChI is InChI=1S/C16H18O3/c1-3-13(12-8-5-4-6-9-12)16(15(18)19-2)11-7-10-14(16)17/h3-6,8-9,13H,1,7,10-11H2,2H3/t13-,16+/m0/s1. The highest BCUT2D eigenvalue weighted by molar-refractivity contribution is 6.06. The van der Waals surface area contributed by atoms with E-state index in [1.807, 2.05) is 30.3 Å². The number of carbonyl (C=O) groups excluding carboxylic acids is 2. The van der Waals surface area contributed by atoms with Crippen LogP contribution >= 0.6 is 0 Å². The number of hydrogen-bond acceptors (Lipinski definition) is 3. The molecule has 0 spiro atoms. The van der Waals surface area contributed by atoms with Gasteiger partial charge in [0.15, 0.2) is 5.78 Å². The minimum Gasteiger partial charge on any atom is -0.468 e. The average Bonchev–Trinajstić information content (AvgIpc) is 2.83. The van der Waals surface area contributed by atoms with Gasteiger partial charge in [0.25, 0.3) is 0 Å². The Morgan fingerprint density at radius 3 is 2.58 bits per heavy atom. The lowest BCUT2D eigenvalue weighted by Gasteiger charge is -2.31. The number of allylic oxidation sites excluding steroid dienone is 1. The van der Waals surface area contributed by atoms with Gasteiger partial charge < -0.3 is 4.74 Å². The molecule has 2 rings (SSSR count). The summed E-state index contributed by atoms with van der Waals surface area (Å²) >= 11 is 0. The van der Waals surface area contributed by atoms with E-state index in [1.165, 1.54) is 7.11 Å². The summed E-state index contributed by atoms with van der Waals surface area (Å²) in [5.41, 5.74) is -0.157. The second kappa shape index (κ2) is 5.39. The third-order valence-corrected chi connectivity index (χ3v) is 3.95. The first kappa shape index (κ1) is 13.5. The second-order valence-electron chi connectivity index (χ2n) is 4.86. The fraction of sp³-hybridized carbons (Fsp3) is 0.375. The van der Waals surface area contributed by atoms with Crippen molar-refractivity contribution in [1.82, 2.24) is 0 Å². The first-order valence-corrected chi connectivity index (χ1v) is 6.46. The van der Waals surface area contributed by atoms with Gasteiger partial charge in [0, 0.05) is 12.3 Å². The van der Waals surface area contributed by atoms with Crippen molar-refractivity contribution in [3.05, 3.63) is 48.6 Å². The Labute approximate surface area is 113 Å². The molecule has 0 bridgehead atoms. The molecule has 100 valence electrons. The van der Waals surface area contributed by atoms with Crippen LogP contribution in [0.5, 0.6) is 0 Å². The molecule has 0 N–H and O–H groups in total. The van der Waals surface area contributed by atoms with E-state index in [0.717, 1.165) is 12.0 Å². The molecule has 1 saturated carbocycles. The van der Waals surface area contributed by atoms with Crippen LogP contribution in [0.25, 0.3) is 0 Å². The molecule has 0 aliphatic heterocycles. The van der Waals surface area contributed by atoms with Gasteiger partial charge in [-0.05, 0) is 18.4 Å². The van der Waals surface area contributed by atoms with Gasteiger partial charge in [-0.2, -0.15) is 0 Å². The van der Waals surface area contributed by atoms with Crippen molar-refractivity contribution in [2.75, 3.05) is 7.11 Å². The SMILES string of the molecule is C=C[C@@H](c1ccccc1)[C@]1(C(=O)OC)CCCC1=O. The number of hydrogen-bond donors (Lipinski definition) is 0. The Morgan fingerprint density at radius 2 is 2.11 bits per heavy atom. The van der Waals surface area contributed by atoms with Gasteiger partial charge >= 0.3 is 5.97 Å². The summed E-state index contributed by atoms with van der Waals surface area (Å²) in [6, 6.07) is 9.54. The Bertz CT molecular complexity index is 492. The topological polar surface area (TPSA) is 43.4 Å². The maximum Gasteiger partial charge on any atom is 0.320 e. The predicted octanol–water partition coefficient (Wildman–Crippen LogP) is 2.87. The summed E-state index contributed by atoms with van der Waals surface area (Å²) < 4.78 is 4.90. The number of esters is 1. The van der Waals surface area contributed by atoms with E-state index in [4.69, 9.17) is 4.74 Å². The van der Waals surface area contributed by atoms with Gasteiger partial charge in [-0.1, -0.05) is 36.4 Å². The van der Waals surface area contributed by atoms with Gasteiger partial charge in [-0.25, -0.2) is 0 Å². The maximum atomic E-state index is 12.3. The van der Waals surface area contributed by atoms with Crippen LogP contribution in [-0.2, 0) is 14.3 Å². The molecule has 0 heterocycles. The van der Waals surface area contributed by atoms with Gasteiger partial charge in [0.2, 0.25) is 0 Å². The number of benzene rings is 1. The molecule has 2 atom stereocenters. The summed E-state index contributed by atoms with van der Waals surface area (Å²) in [7, 11) is 1.33. The molecule has 0 radical (unpaired) electrons. The van der Waals surface area contributed by atoms with E-state index >= 15 is 0 Å². The van der Waals surface area contributed by atoms with Crippen molar-refractivity contribution in [1.29, 1.82) is 0 Å². The van der Waals surface area contributed by atoms with Crippen LogP contribution in [0.15, 0.2) is 43.0 Å². The van der Waals surface area contributed by atoms with Crippen LogP contribution in [0.4, 0.5) is 0 Å². The number of carbonyl (C=O) groups is 2. The molecule has 1 aromatic rings. The van der Waals surface area contributed by atoms with Crippen molar-refractivity contribution in [2.24, 2.45) is 5.41 Å². The number of Topliss-reactive ketones (excluding diaryl/α,β-unsaturated/α-hetero) is 1. The van der Waals surface area contributed by atoms with E-state index in [1.54, 1.807) is 6.08 Å². The van der Waals surface area contributed by atoms with E-state index in [-0.39, 0.29) is 11.7 Å². The van der Waals surface area contributed by atoms with E-state index < -0.39 is 11.4 Å². The molecule has 0 saturated heterocycles. The molecular formula is C16H18O3. The van der Waals surface area contributed by atoms with Crippen LogP contribution in [0.3, 0.4) is 0 Å². The van der Waals surface area contributed by atoms with Gasteiger partial charge in [0.05, 0.1) is 7.11 Å². The quantitative estimate of drug-likeness (QED) is 0.474. The molecule has 1 aliphatic carbocycles. The van der Waals surface area contributed by atoms with Gasteiger partial charge in [-0.3, -0.25) is 9.59 Å². The Kier molecular flexibility index (Phi) is 3.84. The molecule has 0 aromatic heterocycles. The molecule has 3 heteroatoms. The summed E-state index contributed by atoms with van der Waals surface area (Å²) in [6.45, 7) is 3.82. The third kappa shape index (κ3) is 2.09. The van der Waals surface area contributed by atoms with Crippen molar-refractivity contribution >= 4 is 11.8 Å². The number of ether oxygens (including phenoxy) is 1. The lowest BCUT2D eigenvalue weighted by molar-refractivity contribution is -0.157. The summed E-state index contributed by atoms with van der Waals surface area (Å²) in [4.78, 5) is 24.6. The molecule has 1 aromatic carbocycles. The Balaban J connectivity index is 2.51. The fourth-order valence-electron chi connectivity index (χ4n) is 3.03. The normalized spacial score (nSPS) is 23.9. The number of rotatable bonds is 4. The lowest BCUT2D eigenvalue weighted by atomic mass is 9.70. The third-order valence-electron chi connectivity index (χ3n) is 3.95. The van der Waals surface area contributed by atoms with Crippen LogP contribution in [0.2, 0.25) is 0 Å². The fourth-order valence-corrected chi connectivity index (χ4v) is 3.03. The lowest BCUT2D eigenvalue weighted by Crippen LogP contribution is -2.41. The molecular weight excluding hydrogens is 240 g/mol. The number of ketones is 1. The van der Waals surface area contributed by atoms with E-state index in [2.05, 4.69) is 6.58 Å². The monoisotopic (exact) mass is 258 g/mol. The van der Waals surface area contributed by atoms with Crippen LogP contribution < -0.4 is 0 Å². The van der Waals surface area contributed by atoms with Crippen molar-refractivity contribution in [2.45, 2.75) is 25.2 Å². The Morgan fingerprint density at radius 1 is 1.42 bits per heavy atom. The van der Waals surface area contributed by atoms with Gasteiger partial charge in [-0.15, -0.1) is 6.58 Å². The maximum absolute atomic E-state index is 12.3. The summed E-state index contributed by atoms with van der Waals surface area (Å²) in [6.07, 6.45) is 3.39. The van der Waals surface area contributed by atoms with Crippen molar-refractivity contribution < 1.29 is 14.3 Å². The minimum absolute atomic E-state index is 0.0342. The van der Waals surface area contributed by atoms with Crippen molar-refractivity contribution in [3.63, 3.8) is 0 Å². The van der Waals surface area contributed by atoms with Crippen molar-refractivity contribution in [3.8, 4) is 0 Å². The average molecular weight is 258 g/mol. The molecule has 19 heavy (non-hydrogen) atoms. The largest absolute Gasteiger partial charge is 0.468 e. The van der Waals surface area contributed by atoms with Gasteiger partial charge in [0.1, 0.15) is 5.41 Å². The zero-order chi connectivity index (χ0) is 13.9. The first-order valence-electron chi connectivity index (χ1n) is 6.46. The van der Waals surface area contributed by atoms with Crippen LogP contribution in [0, 0.1) is 5.41 Å². The first-order chi connectivity index (χ1) is 9.16. The van der Waals surface area contributed by atoms with E-state index in [9.17, 15) is 9.59 Å².